The first-order chi connectivity index (χ1) is 13.7. The first-order valence-corrected chi connectivity index (χ1v) is 10.7. The number of benzene rings is 2. The molecule has 1 heterocycles. The van der Waals surface area contributed by atoms with Crippen molar-refractivity contribution in [3.05, 3.63) is 54.1 Å². The summed E-state index contributed by atoms with van der Waals surface area (Å²) in [6.07, 6.45) is 5.74. The maximum Gasteiger partial charge on any atom is 0.234 e. The van der Waals surface area contributed by atoms with Gasteiger partial charge >= 0.3 is 0 Å². The molecule has 6 heteroatoms. The molecule has 146 valence electrons. The number of thioether (sulfide) groups is 1. The summed E-state index contributed by atoms with van der Waals surface area (Å²) < 4.78 is 5.15. The van der Waals surface area contributed by atoms with Gasteiger partial charge < -0.3 is 15.4 Å². The van der Waals surface area contributed by atoms with Crippen molar-refractivity contribution in [2.24, 2.45) is 4.99 Å². The smallest absolute Gasteiger partial charge is 0.234 e. The molecular weight excluding hydrogens is 370 g/mol. The van der Waals surface area contributed by atoms with E-state index in [-0.39, 0.29) is 11.6 Å². The molecule has 0 saturated heterocycles. The van der Waals surface area contributed by atoms with Gasteiger partial charge in [-0.05, 0) is 56.0 Å². The van der Waals surface area contributed by atoms with Crippen molar-refractivity contribution in [2.45, 2.75) is 37.8 Å². The van der Waals surface area contributed by atoms with Crippen molar-refractivity contribution < 1.29 is 9.53 Å². The van der Waals surface area contributed by atoms with Crippen LogP contribution >= 0.6 is 11.8 Å². The molecule has 28 heavy (non-hydrogen) atoms. The zero-order valence-corrected chi connectivity index (χ0v) is 16.8. The minimum Gasteiger partial charge on any atom is -0.497 e. The summed E-state index contributed by atoms with van der Waals surface area (Å²) in [5.41, 5.74) is 2.77. The van der Waals surface area contributed by atoms with E-state index >= 15 is 0 Å². The maximum atomic E-state index is 12.5. The van der Waals surface area contributed by atoms with Crippen LogP contribution in [0.2, 0.25) is 0 Å². The van der Waals surface area contributed by atoms with Crippen LogP contribution in [0, 0.1) is 0 Å². The van der Waals surface area contributed by atoms with Gasteiger partial charge in [0.2, 0.25) is 5.91 Å². The lowest BCUT2D eigenvalue weighted by Gasteiger charge is -2.39. The van der Waals surface area contributed by atoms with E-state index in [0.29, 0.717) is 5.75 Å². The number of methoxy groups -OCH3 is 1. The van der Waals surface area contributed by atoms with Crippen LogP contribution in [-0.4, -0.2) is 29.5 Å². The van der Waals surface area contributed by atoms with Crippen LogP contribution in [0.1, 0.15) is 37.7 Å². The fraction of sp³-hybridized carbons (Fsp3) is 0.364. The molecule has 2 aromatic rings. The largest absolute Gasteiger partial charge is 0.497 e. The van der Waals surface area contributed by atoms with Crippen LogP contribution < -0.4 is 15.4 Å². The SMILES string of the molecule is COc1ccc(NC(=O)CSC2=NC3(CCCCC3)Nc3ccccc32)cc1. The molecule has 0 aromatic heterocycles. The predicted octanol–water partition coefficient (Wildman–Crippen LogP) is 4.90. The van der Waals surface area contributed by atoms with Gasteiger partial charge in [0.25, 0.3) is 0 Å². The molecule has 1 aliphatic heterocycles. The fourth-order valence-corrected chi connectivity index (χ4v) is 4.71. The van der Waals surface area contributed by atoms with Crippen LogP contribution in [0.25, 0.3) is 0 Å². The molecule has 1 aliphatic carbocycles. The second-order valence-electron chi connectivity index (χ2n) is 7.25. The Hall–Kier alpha value is -2.47. The van der Waals surface area contributed by atoms with Gasteiger partial charge in [0, 0.05) is 16.9 Å². The van der Waals surface area contributed by atoms with Gasteiger partial charge in [-0.3, -0.25) is 4.79 Å². The number of carbonyl (C=O) groups excluding carboxylic acids is 1. The van der Waals surface area contributed by atoms with E-state index in [0.717, 1.165) is 40.6 Å². The standard InChI is InChI=1S/C22H25N3O2S/c1-27-17-11-9-16(10-12-17)23-20(26)15-28-21-18-7-3-4-8-19(18)24-22(25-21)13-5-2-6-14-22/h3-4,7-12,24H,2,5-6,13-15H2,1H3,(H,23,26). The Morgan fingerprint density at radius 1 is 1.14 bits per heavy atom. The number of hydrogen-bond acceptors (Lipinski definition) is 5. The van der Waals surface area contributed by atoms with E-state index in [1.807, 2.05) is 36.4 Å². The number of para-hydroxylation sites is 1. The van der Waals surface area contributed by atoms with Gasteiger partial charge in [0.05, 0.1) is 12.9 Å². The van der Waals surface area contributed by atoms with E-state index in [9.17, 15) is 4.79 Å². The molecule has 1 fully saturated rings. The van der Waals surface area contributed by atoms with Crippen molar-refractivity contribution in [2.75, 3.05) is 23.5 Å². The Labute approximate surface area is 170 Å². The zero-order valence-electron chi connectivity index (χ0n) is 16.0. The number of ether oxygens (including phenoxy) is 1. The first-order valence-electron chi connectivity index (χ1n) is 9.72. The van der Waals surface area contributed by atoms with Crippen LogP contribution in [0.3, 0.4) is 0 Å². The molecular formula is C22H25N3O2S. The van der Waals surface area contributed by atoms with Crippen LogP contribution in [0.15, 0.2) is 53.5 Å². The number of carbonyl (C=O) groups is 1. The molecule has 4 rings (SSSR count). The van der Waals surface area contributed by atoms with Gasteiger partial charge in [-0.25, -0.2) is 4.99 Å². The third kappa shape index (κ3) is 4.17. The summed E-state index contributed by atoms with van der Waals surface area (Å²) in [5.74, 6) is 1.06. The monoisotopic (exact) mass is 395 g/mol. The van der Waals surface area contributed by atoms with E-state index in [1.165, 1.54) is 31.0 Å². The Morgan fingerprint density at radius 2 is 1.89 bits per heavy atom. The highest BCUT2D eigenvalue weighted by Crippen LogP contribution is 2.39. The van der Waals surface area contributed by atoms with Crippen LogP contribution in [-0.2, 0) is 4.79 Å². The molecule has 0 atom stereocenters. The molecule has 1 saturated carbocycles. The topological polar surface area (TPSA) is 62.7 Å². The molecule has 5 nitrogen and oxygen atoms in total. The summed E-state index contributed by atoms with van der Waals surface area (Å²) in [6.45, 7) is 0. The number of fused-ring (bicyclic) bond motifs is 1. The zero-order chi connectivity index (χ0) is 19.4. The molecule has 2 aliphatic rings. The number of nitrogens with zero attached hydrogens (tertiary/aromatic N) is 1. The number of hydrogen-bond donors (Lipinski definition) is 2. The highest BCUT2D eigenvalue weighted by molar-refractivity contribution is 8.15. The summed E-state index contributed by atoms with van der Waals surface area (Å²) in [7, 11) is 1.63. The Kier molecular flexibility index (Phi) is 5.57. The van der Waals surface area contributed by atoms with Gasteiger partial charge in [0.1, 0.15) is 16.5 Å². The van der Waals surface area contributed by atoms with Gasteiger partial charge in [-0.1, -0.05) is 36.4 Å². The second-order valence-corrected chi connectivity index (χ2v) is 8.21. The lowest BCUT2D eigenvalue weighted by atomic mass is 9.88. The molecule has 0 bridgehead atoms. The van der Waals surface area contributed by atoms with E-state index in [4.69, 9.17) is 9.73 Å². The van der Waals surface area contributed by atoms with E-state index in [2.05, 4.69) is 22.8 Å². The number of amides is 1. The average molecular weight is 396 g/mol. The normalized spacial score (nSPS) is 17.2. The third-order valence-corrected chi connectivity index (χ3v) is 6.23. The minimum absolute atomic E-state index is 0.0356. The van der Waals surface area contributed by atoms with Crippen molar-refractivity contribution in [3.8, 4) is 5.75 Å². The van der Waals surface area contributed by atoms with Gasteiger partial charge in [-0.2, -0.15) is 0 Å². The number of rotatable bonds is 4. The summed E-state index contributed by atoms with van der Waals surface area (Å²) in [5, 5.41) is 7.57. The highest BCUT2D eigenvalue weighted by Gasteiger charge is 2.36. The van der Waals surface area contributed by atoms with Crippen molar-refractivity contribution >= 4 is 34.1 Å². The summed E-state index contributed by atoms with van der Waals surface area (Å²) in [4.78, 5) is 17.5. The lowest BCUT2D eigenvalue weighted by Crippen LogP contribution is -2.42. The average Bonchev–Trinajstić information content (AvgIpc) is 2.73. The summed E-state index contributed by atoms with van der Waals surface area (Å²) >= 11 is 1.52. The van der Waals surface area contributed by atoms with E-state index < -0.39 is 0 Å². The van der Waals surface area contributed by atoms with Crippen LogP contribution in [0.4, 0.5) is 11.4 Å². The predicted molar refractivity (Wildman–Crippen MR) is 116 cm³/mol. The Balaban J connectivity index is 1.46. The Morgan fingerprint density at radius 3 is 2.64 bits per heavy atom. The quantitative estimate of drug-likeness (QED) is 0.773. The molecule has 2 N–H and O–H groups in total. The molecule has 2 aromatic carbocycles. The Bertz CT molecular complexity index is 874. The van der Waals surface area contributed by atoms with Crippen molar-refractivity contribution in [1.29, 1.82) is 0 Å². The fourth-order valence-electron chi connectivity index (χ4n) is 3.80. The molecule has 0 radical (unpaired) electrons. The van der Waals surface area contributed by atoms with Gasteiger partial charge in [0.15, 0.2) is 0 Å². The number of aliphatic imine (C=N–C) groups is 1. The second kappa shape index (κ2) is 8.27. The molecule has 1 amide bonds. The van der Waals surface area contributed by atoms with E-state index in [1.54, 1.807) is 7.11 Å². The molecule has 0 unspecified atom stereocenters. The van der Waals surface area contributed by atoms with Crippen molar-refractivity contribution in [1.82, 2.24) is 0 Å². The summed E-state index contributed by atoms with van der Waals surface area (Å²) in [6, 6.07) is 15.6. The van der Waals surface area contributed by atoms with Crippen LogP contribution in [0.5, 0.6) is 5.75 Å². The number of nitrogens with one attached hydrogen (secondary N) is 2. The highest BCUT2D eigenvalue weighted by atomic mass is 32.2. The molecule has 1 spiro atoms. The van der Waals surface area contributed by atoms with Gasteiger partial charge in [-0.15, -0.1) is 0 Å². The lowest BCUT2D eigenvalue weighted by molar-refractivity contribution is -0.113. The third-order valence-electron chi connectivity index (χ3n) is 5.23. The number of anilines is 2. The van der Waals surface area contributed by atoms with Crippen molar-refractivity contribution in [3.63, 3.8) is 0 Å². The maximum absolute atomic E-state index is 12.5. The first kappa shape index (κ1) is 18.9. The minimum atomic E-state index is -0.207.